The predicted octanol–water partition coefficient (Wildman–Crippen LogP) is 5.55. The number of aromatic nitrogens is 4. The van der Waals surface area contributed by atoms with E-state index in [2.05, 4.69) is 31.1 Å². The van der Waals surface area contributed by atoms with Crippen LogP contribution in [0.1, 0.15) is 11.3 Å². The van der Waals surface area contributed by atoms with Crippen molar-refractivity contribution in [3.05, 3.63) is 69.6 Å². The molecule has 0 spiro atoms. The number of benzene rings is 1. The molecule has 30 heavy (non-hydrogen) atoms. The van der Waals surface area contributed by atoms with E-state index < -0.39 is 0 Å². The van der Waals surface area contributed by atoms with Crippen molar-refractivity contribution < 1.29 is 0 Å². The van der Waals surface area contributed by atoms with Crippen LogP contribution in [0.25, 0.3) is 26.7 Å². The second-order valence-corrected chi connectivity index (χ2v) is 8.28. The van der Waals surface area contributed by atoms with Crippen molar-refractivity contribution >= 4 is 46.2 Å². The molecule has 0 atom stereocenters. The van der Waals surface area contributed by atoms with E-state index in [1.165, 1.54) is 23.1 Å². The van der Waals surface area contributed by atoms with Crippen molar-refractivity contribution in [3.63, 3.8) is 0 Å². The lowest BCUT2D eigenvalue weighted by molar-refractivity contribution is 1.08. The number of hydrogen-bond acceptors (Lipinski definition) is 7. The average molecular weight is 450 g/mol. The maximum absolute atomic E-state index is 9.77. The largest absolute Gasteiger partial charge is 0.392 e. The first-order chi connectivity index (χ1) is 14.6. The Hall–Kier alpha value is -3.37. The third kappa shape index (κ3) is 3.87. The minimum Gasteiger partial charge on any atom is -0.392 e. The Morgan fingerprint density at radius 1 is 1.27 bits per heavy atom. The van der Waals surface area contributed by atoms with Crippen LogP contribution in [0.15, 0.2) is 46.9 Å². The van der Waals surface area contributed by atoms with Gasteiger partial charge >= 0.3 is 0 Å². The second kappa shape index (κ2) is 8.56. The summed E-state index contributed by atoms with van der Waals surface area (Å²) in [6.45, 7) is 7.44. The number of pyridine rings is 1. The highest BCUT2D eigenvalue weighted by Gasteiger charge is 2.22. The van der Waals surface area contributed by atoms with Gasteiger partial charge in [-0.25, -0.2) is 14.8 Å². The van der Waals surface area contributed by atoms with Crippen LogP contribution in [-0.2, 0) is 5.75 Å². The summed E-state index contributed by atoms with van der Waals surface area (Å²) in [5.74, 6) is 0.576. The molecule has 0 unspecified atom stereocenters. The van der Waals surface area contributed by atoms with Crippen LogP contribution in [0.4, 0.5) is 11.5 Å². The monoisotopic (exact) mass is 449 g/mol. The minimum atomic E-state index is 0.0737. The number of thioether (sulfide) groups is 1. The van der Waals surface area contributed by atoms with E-state index in [1.807, 2.05) is 29.6 Å². The summed E-state index contributed by atoms with van der Waals surface area (Å²) in [6.07, 6.45) is 1.63. The van der Waals surface area contributed by atoms with Crippen LogP contribution < -0.4 is 5.73 Å². The normalized spacial score (nSPS) is 10.5. The fraction of sp³-hybridized carbons (Fsp3) is 0.0500. The smallest absolute Gasteiger partial charge is 0.238 e. The van der Waals surface area contributed by atoms with E-state index in [0.29, 0.717) is 27.1 Å². The average Bonchev–Trinajstić information content (AvgIpc) is 3.44. The first kappa shape index (κ1) is 19.9. The van der Waals surface area contributed by atoms with Crippen molar-refractivity contribution in [1.29, 1.82) is 5.26 Å². The van der Waals surface area contributed by atoms with Gasteiger partial charge in [-0.2, -0.15) is 10.4 Å². The summed E-state index contributed by atoms with van der Waals surface area (Å²) in [5, 5.41) is 20.6. The Labute approximate surface area is 185 Å². The first-order valence-electron chi connectivity index (χ1n) is 8.55. The molecule has 7 nitrogen and oxygen atoms in total. The van der Waals surface area contributed by atoms with Crippen molar-refractivity contribution in [2.24, 2.45) is 0 Å². The second-order valence-electron chi connectivity index (χ2n) is 6.02. The molecule has 10 heteroatoms. The van der Waals surface area contributed by atoms with Gasteiger partial charge in [0.25, 0.3) is 0 Å². The third-order valence-corrected chi connectivity index (χ3v) is 6.35. The zero-order chi connectivity index (χ0) is 21.1. The van der Waals surface area contributed by atoms with Gasteiger partial charge in [-0.05, 0) is 18.2 Å². The summed E-state index contributed by atoms with van der Waals surface area (Å²) >= 11 is 8.83. The van der Waals surface area contributed by atoms with Crippen LogP contribution in [0.5, 0.6) is 0 Å². The fourth-order valence-corrected chi connectivity index (χ4v) is 4.73. The molecular formula is C20H12ClN7S2. The van der Waals surface area contributed by atoms with Gasteiger partial charge in [0.1, 0.15) is 21.9 Å². The van der Waals surface area contributed by atoms with Crippen LogP contribution >= 0.6 is 34.7 Å². The molecule has 3 aromatic heterocycles. The molecule has 1 aromatic carbocycles. The number of rotatable bonds is 5. The molecule has 0 amide bonds. The minimum absolute atomic E-state index is 0.0737. The molecule has 3 N–H and O–H groups in total. The van der Waals surface area contributed by atoms with Gasteiger partial charge in [0.05, 0.1) is 23.5 Å². The number of hydrogen-bond donors (Lipinski definition) is 2. The van der Waals surface area contributed by atoms with Crippen molar-refractivity contribution in [1.82, 2.24) is 20.2 Å². The van der Waals surface area contributed by atoms with Gasteiger partial charge in [0.2, 0.25) is 5.69 Å². The van der Waals surface area contributed by atoms with Crippen molar-refractivity contribution in [3.8, 4) is 27.9 Å². The zero-order valence-electron chi connectivity index (χ0n) is 15.3. The zero-order valence-corrected chi connectivity index (χ0v) is 17.6. The van der Waals surface area contributed by atoms with Crippen LogP contribution in [0.3, 0.4) is 0 Å². The Morgan fingerprint density at radius 2 is 2.07 bits per heavy atom. The Balaban J connectivity index is 1.64. The van der Waals surface area contributed by atoms with Crippen molar-refractivity contribution in [2.75, 3.05) is 5.73 Å². The van der Waals surface area contributed by atoms with Gasteiger partial charge in [-0.15, -0.1) is 11.3 Å². The van der Waals surface area contributed by atoms with Crippen LogP contribution in [0, 0.1) is 17.9 Å². The quantitative estimate of drug-likeness (QED) is 0.305. The predicted molar refractivity (Wildman–Crippen MR) is 119 cm³/mol. The number of anilines is 1. The maximum atomic E-state index is 9.77. The number of nitrogens with one attached hydrogen (secondary N) is 1. The van der Waals surface area contributed by atoms with Crippen LogP contribution in [0.2, 0.25) is 5.02 Å². The van der Waals surface area contributed by atoms with Crippen LogP contribution in [-0.4, -0.2) is 20.2 Å². The van der Waals surface area contributed by atoms with Gasteiger partial charge in [-0.1, -0.05) is 35.5 Å². The molecule has 0 fully saturated rings. The van der Waals surface area contributed by atoms with Gasteiger partial charge in [0.15, 0.2) is 0 Å². The molecule has 3 heterocycles. The van der Waals surface area contributed by atoms with E-state index in [1.54, 1.807) is 12.3 Å². The number of halogens is 1. The Morgan fingerprint density at radius 3 is 2.73 bits per heavy atom. The number of H-pyrrole nitrogens is 1. The van der Waals surface area contributed by atoms with E-state index >= 15 is 0 Å². The van der Waals surface area contributed by atoms with E-state index in [4.69, 9.17) is 23.9 Å². The topological polar surface area (TPSA) is 109 Å². The molecular weight excluding hydrogens is 438 g/mol. The van der Waals surface area contributed by atoms with E-state index in [0.717, 1.165) is 16.3 Å². The third-order valence-electron chi connectivity index (χ3n) is 4.15. The summed E-state index contributed by atoms with van der Waals surface area (Å²) in [5.41, 5.74) is 9.13. The summed E-state index contributed by atoms with van der Waals surface area (Å²) < 4.78 is 0. The highest BCUT2D eigenvalue weighted by atomic mass is 35.5. The molecule has 0 aliphatic carbocycles. The molecule has 0 bridgehead atoms. The number of nitrogens with zero attached hydrogens (tertiary/aromatic N) is 5. The highest BCUT2D eigenvalue weighted by molar-refractivity contribution is 7.98. The summed E-state index contributed by atoms with van der Waals surface area (Å²) in [6, 6.07) is 11.4. The Kier molecular flexibility index (Phi) is 5.68. The summed E-state index contributed by atoms with van der Waals surface area (Å²) in [4.78, 5) is 12.4. The van der Waals surface area contributed by atoms with E-state index in [9.17, 15) is 5.26 Å². The molecule has 0 aliphatic heterocycles. The molecule has 0 saturated heterocycles. The number of aromatic amines is 1. The van der Waals surface area contributed by atoms with Gasteiger partial charge in [-0.3, -0.25) is 5.10 Å². The van der Waals surface area contributed by atoms with E-state index in [-0.39, 0.29) is 17.1 Å². The molecule has 0 radical (unpaired) electrons. The lowest BCUT2D eigenvalue weighted by atomic mass is 10.1. The standard InChI is InChI=1S/C20H12ClN7S2/c1-24-17-16(15-6-7-25-28-15)14(8-22)20(27-18(17)23)30-10-13-9-29-19(26-13)11-2-4-12(21)5-3-11/h2-7,9H,10H2,(H2,23,27)(H,25,28). The summed E-state index contributed by atoms with van der Waals surface area (Å²) in [7, 11) is 0. The molecule has 4 aromatic rings. The lowest BCUT2D eigenvalue weighted by Crippen LogP contribution is -1.99. The molecule has 0 aliphatic rings. The maximum Gasteiger partial charge on any atom is 0.238 e. The SMILES string of the molecule is [C-]#[N+]c1c(N)nc(SCc2csc(-c3ccc(Cl)cc3)n2)c(C#N)c1-c1cc[nH]n1. The number of nitrogens with two attached hydrogens (primary N) is 1. The number of nitrogen functional groups attached to an aromatic ring is 1. The van der Waals surface area contributed by atoms with Gasteiger partial charge in [0, 0.05) is 33.5 Å². The van der Waals surface area contributed by atoms with Gasteiger partial charge < -0.3 is 5.73 Å². The lowest BCUT2D eigenvalue weighted by Gasteiger charge is -2.10. The number of nitriles is 1. The first-order valence-corrected chi connectivity index (χ1v) is 10.8. The van der Waals surface area contributed by atoms with Crippen molar-refractivity contribution in [2.45, 2.75) is 10.8 Å². The molecule has 4 rings (SSSR count). The fourth-order valence-electron chi connectivity index (χ4n) is 2.78. The molecule has 146 valence electrons. The Bertz CT molecular complexity index is 1280. The highest BCUT2D eigenvalue weighted by Crippen LogP contribution is 2.41. The number of thiazole rings is 1. The molecule has 0 saturated carbocycles.